The van der Waals surface area contributed by atoms with Crippen LogP contribution in [0, 0.1) is 6.92 Å². The average molecular weight is 267 g/mol. The Labute approximate surface area is 120 Å². The van der Waals surface area contributed by atoms with E-state index in [2.05, 4.69) is 58.0 Å². The molecule has 0 amide bonds. The van der Waals surface area contributed by atoms with Crippen LogP contribution in [-0.2, 0) is 11.8 Å². The molecule has 0 fully saturated rings. The second-order valence-corrected chi connectivity index (χ2v) is 6.53. The van der Waals surface area contributed by atoms with Crippen LogP contribution >= 0.6 is 0 Å². The minimum Gasteiger partial charge on any atom is -0.493 e. The zero-order chi connectivity index (χ0) is 14.3. The fourth-order valence-corrected chi connectivity index (χ4v) is 2.77. The molecule has 20 heavy (non-hydrogen) atoms. The third kappa shape index (κ3) is 2.31. The molecule has 0 saturated heterocycles. The molecule has 2 nitrogen and oxygen atoms in total. The van der Waals surface area contributed by atoms with Crippen LogP contribution in [0.5, 0.6) is 5.75 Å². The first kappa shape index (κ1) is 13.2. The van der Waals surface area contributed by atoms with E-state index in [9.17, 15) is 0 Å². The number of ether oxygens (including phenoxy) is 1. The van der Waals surface area contributed by atoms with Crippen LogP contribution < -0.4 is 4.74 Å². The lowest BCUT2D eigenvalue weighted by atomic mass is 9.88. The molecule has 3 rings (SSSR count). The van der Waals surface area contributed by atoms with Crippen molar-refractivity contribution in [3.8, 4) is 17.0 Å². The quantitative estimate of drug-likeness (QED) is 0.769. The van der Waals surface area contributed by atoms with Gasteiger partial charge in [0.25, 0.3) is 0 Å². The smallest absolute Gasteiger partial charge is 0.123 e. The van der Waals surface area contributed by atoms with Crippen LogP contribution in [-0.4, -0.2) is 11.6 Å². The van der Waals surface area contributed by atoms with Crippen molar-refractivity contribution in [2.75, 3.05) is 6.61 Å². The molecule has 1 aromatic carbocycles. The maximum absolute atomic E-state index is 5.65. The summed E-state index contributed by atoms with van der Waals surface area (Å²) in [6.45, 7) is 9.55. The topological polar surface area (TPSA) is 22.1 Å². The minimum absolute atomic E-state index is 0.0628. The molecule has 1 aromatic heterocycles. The summed E-state index contributed by atoms with van der Waals surface area (Å²) in [6.07, 6.45) is 1.02. The highest BCUT2D eigenvalue weighted by Gasteiger charge is 2.19. The SMILES string of the molecule is Cc1ccc(-c2ccc3c(c2)OCC3)nc1C(C)(C)C. The number of benzene rings is 1. The number of nitrogens with zero attached hydrogens (tertiary/aromatic N) is 1. The molecule has 1 aliphatic rings. The largest absolute Gasteiger partial charge is 0.493 e. The zero-order valence-corrected chi connectivity index (χ0v) is 12.7. The number of aromatic nitrogens is 1. The van der Waals surface area contributed by atoms with E-state index >= 15 is 0 Å². The van der Waals surface area contributed by atoms with Gasteiger partial charge in [0.1, 0.15) is 5.75 Å². The number of rotatable bonds is 1. The monoisotopic (exact) mass is 267 g/mol. The fraction of sp³-hybridized carbons (Fsp3) is 0.389. The molecule has 0 unspecified atom stereocenters. The zero-order valence-electron chi connectivity index (χ0n) is 12.7. The van der Waals surface area contributed by atoms with Crippen molar-refractivity contribution in [3.63, 3.8) is 0 Å². The molecule has 0 bridgehead atoms. The summed E-state index contributed by atoms with van der Waals surface area (Å²) in [5, 5.41) is 0. The van der Waals surface area contributed by atoms with Crippen molar-refractivity contribution in [1.29, 1.82) is 0 Å². The van der Waals surface area contributed by atoms with Crippen molar-refractivity contribution in [1.82, 2.24) is 4.98 Å². The van der Waals surface area contributed by atoms with Crippen LogP contribution in [0.4, 0.5) is 0 Å². The van der Waals surface area contributed by atoms with Crippen LogP contribution in [0.25, 0.3) is 11.3 Å². The van der Waals surface area contributed by atoms with Crippen LogP contribution in [0.2, 0.25) is 0 Å². The second-order valence-electron chi connectivity index (χ2n) is 6.53. The molecule has 0 saturated carbocycles. The van der Waals surface area contributed by atoms with Crippen molar-refractivity contribution in [2.45, 2.75) is 39.5 Å². The highest BCUT2D eigenvalue weighted by molar-refractivity contribution is 5.63. The van der Waals surface area contributed by atoms with Crippen molar-refractivity contribution < 1.29 is 4.74 Å². The van der Waals surface area contributed by atoms with Gasteiger partial charge in [-0.3, -0.25) is 4.98 Å². The van der Waals surface area contributed by atoms with Crippen molar-refractivity contribution in [2.24, 2.45) is 0 Å². The Morgan fingerprint density at radius 2 is 1.90 bits per heavy atom. The Morgan fingerprint density at radius 1 is 1.10 bits per heavy atom. The van der Waals surface area contributed by atoms with E-state index in [1.165, 1.54) is 11.1 Å². The summed E-state index contributed by atoms with van der Waals surface area (Å²) in [6, 6.07) is 10.7. The first-order valence-electron chi connectivity index (χ1n) is 7.19. The van der Waals surface area contributed by atoms with E-state index in [1.54, 1.807) is 0 Å². The lowest BCUT2D eigenvalue weighted by Gasteiger charge is -2.21. The molecule has 1 aliphatic heterocycles. The van der Waals surface area contributed by atoms with Crippen molar-refractivity contribution in [3.05, 3.63) is 47.2 Å². The van der Waals surface area contributed by atoms with Crippen LogP contribution in [0.3, 0.4) is 0 Å². The van der Waals surface area contributed by atoms with E-state index in [4.69, 9.17) is 9.72 Å². The first-order valence-corrected chi connectivity index (χ1v) is 7.19. The van der Waals surface area contributed by atoms with Gasteiger partial charge in [-0.15, -0.1) is 0 Å². The second kappa shape index (κ2) is 4.62. The number of fused-ring (bicyclic) bond motifs is 1. The number of hydrogen-bond acceptors (Lipinski definition) is 2. The Balaban J connectivity index is 2.07. The van der Waals surface area contributed by atoms with Gasteiger partial charge in [-0.1, -0.05) is 39.0 Å². The van der Waals surface area contributed by atoms with E-state index in [0.29, 0.717) is 0 Å². The number of hydrogen-bond donors (Lipinski definition) is 0. The van der Waals surface area contributed by atoms with Gasteiger partial charge < -0.3 is 4.74 Å². The highest BCUT2D eigenvalue weighted by Crippen LogP contribution is 2.32. The first-order chi connectivity index (χ1) is 9.45. The van der Waals surface area contributed by atoms with Crippen LogP contribution in [0.15, 0.2) is 30.3 Å². The summed E-state index contributed by atoms with van der Waals surface area (Å²) >= 11 is 0. The molecule has 2 heterocycles. The Morgan fingerprint density at radius 3 is 2.65 bits per heavy atom. The summed E-state index contributed by atoms with van der Waals surface area (Å²) in [4.78, 5) is 4.88. The molecular weight excluding hydrogens is 246 g/mol. The van der Waals surface area contributed by atoms with Gasteiger partial charge in [-0.25, -0.2) is 0 Å². The highest BCUT2D eigenvalue weighted by atomic mass is 16.5. The third-order valence-corrected chi connectivity index (χ3v) is 3.80. The van der Waals surface area contributed by atoms with Crippen molar-refractivity contribution >= 4 is 0 Å². The van der Waals surface area contributed by atoms with Gasteiger partial charge in [0.2, 0.25) is 0 Å². The lowest BCUT2D eigenvalue weighted by molar-refractivity contribution is 0.357. The van der Waals surface area contributed by atoms with Gasteiger partial charge in [-0.05, 0) is 30.2 Å². The standard InChI is InChI=1S/C18H21NO/c1-12-5-8-15(19-17(12)18(2,3)4)14-7-6-13-9-10-20-16(13)11-14/h5-8,11H,9-10H2,1-4H3. The molecule has 0 radical (unpaired) electrons. The van der Waals surface area contributed by atoms with E-state index < -0.39 is 0 Å². The van der Waals surface area contributed by atoms with Gasteiger partial charge in [-0.2, -0.15) is 0 Å². The minimum atomic E-state index is 0.0628. The Hall–Kier alpha value is -1.83. The predicted octanol–water partition coefficient (Wildman–Crippen LogP) is 4.29. The summed E-state index contributed by atoms with van der Waals surface area (Å²) in [5.41, 5.74) is 5.94. The molecule has 104 valence electrons. The third-order valence-electron chi connectivity index (χ3n) is 3.80. The lowest BCUT2D eigenvalue weighted by Crippen LogP contribution is -2.15. The summed E-state index contributed by atoms with van der Waals surface area (Å²) < 4.78 is 5.65. The maximum Gasteiger partial charge on any atom is 0.123 e. The molecule has 2 heteroatoms. The molecule has 0 N–H and O–H groups in total. The summed E-state index contributed by atoms with van der Waals surface area (Å²) in [5.74, 6) is 1.02. The molecular formula is C18H21NO. The number of pyridine rings is 1. The maximum atomic E-state index is 5.65. The van der Waals surface area contributed by atoms with E-state index in [-0.39, 0.29) is 5.41 Å². The van der Waals surface area contributed by atoms with Gasteiger partial charge in [0.15, 0.2) is 0 Å². The number of aryl methyl sites for hydroxylation is 1. The normalized spacial score (nSPS) is 14.0. The Kier molecular flexibility index (Phi) is 3.04. The average Bonchev–Trinajstić information content (AvgIpc) is 2.85. The molecule has 0 spiro atoms. The van der Waals surface area contributed by atoms with Crippen LogP contribution in [0.1, 0.15) is 37.6 Å². The molecule has 0 atom stereocenters. The van der Waals surface area contributed by atoms with Gasteiger partial charge >= 0.3 is 0 Å². The molecule has 2 aromatic rings. The predicted molar refractivity (Wildman–Crippen MR) is 82.3 cm³/mol. The Bertz CT molecular complexity index is 653. The van der Waals surface area contributed by atoms with Gasteiger partial charge in [0, 0.05) is 23.1 Å². The summed E-state index contributed by atoms with van der Waals surface area (Å²) in [7, 11) is 0. The van der Waals surface area contributed by atoms with Gasteiger partial charge in [0.05, 0.1) is 12.3 Å². The van der Waals surface area contributed by atoms with E-state index in [1.807, 2.05) is 0 Å². The molecule has 0 aliphatic carbocycles. The fourth-order valence-electron chi connectivity index (χ4n) is 2.77. The van der Waals surface area contributed by atoms with E-state index in [0.717, 1.165) is 35.7 Å².